The van der Waals surface area contributed by atoms with Crippen LogP contribution in [0.1, 0.15) is 49.4 Å². The SMILES string of the molecule is CCN(c1nccc(C(=O)O)c1F)C1CCCCC1. The Hall–Kier alpha value is -1.65. The summed E-state index contributed by atoms with van der Waals surface area (Å²) in [5, 5.41) is 8.97. The number of halogens is 1. The predicted octanol–water partition coefficient (Wildman–Crippen LogP) is 3.08. The molecule has 0 atom stereocenters. The lowest BCUT2D eigenvalue weighted by Gasteiger charge is -2.34. The van der Waals surface area contributed by atoms with Crippen molar-refractivity contribution in [3.8, 4) is 0 Å². The standard InChI is InChI=1S/C14H19FN2O2/c1-2-17(10-6-4-3-5-7-10)13-12(15)11(14(18)19)8-9-16-13/h8-10H,2-7H2,1H3,(H,18,19). The van der Waals surface area contributed by atoms with Gasteiger partial charge < -0.3 is 10.0 Å². The molecule has 104 valence electrons. The number of nitrogens with zero attached hydrogens (tertiary/aromatic N) is 2. The van der Waals surface area contributed by atoms with Crippen LogP contribution in [0.3, 0.4) is 0 Å². The van der Waals surface area contributed by atoms with Crippen LogP contribution in [0.15, 0.2) is 12.3 Å². The molecule has 4 nitrogen and oxygen atoms in total. The molecule has 1 saturated carbocycles. The third-order valence-corrected chi connectivity index (χ3v) is 3.73. The second-order valence-corrected chi connectivity index (χ2v) is 4.88. The smallest absolute Gasteiger partial charge is 0.338 e. The fourth-order valence-electron chi connectivity index (χ4n) is 2.77. The van der Waals surface area contributed by atoms with Gasteiger partial charge in [-0.3, -0.25) is 0 Å². The highest BCUT2D eigenvalue weighted by atomic mass is 19.1. The van der Waals surface area contributed by atoms with Gasteiger partial charge in [0, 0.05) is 18.8 Å². The zero-order valence-corrected chi connectivity index (χ0v) is 11.1. The van der Waals surface area contributed by atoms with Gasteiger partial charge in [0.1, 0.15) is 5.56 Å². The lowest BCUT2D eigenvalue weighted by molar-refractivity contribution is 0.0691. The molecule has 1 aromatic rings. The fraction of sp³-hybridized carbons (Fsp3) is 0.571. The largest absolute Gasteiger partial charge is 0.478 e. The first-order valence-corrected chi connectivity index (χ1v) is 6.79. The van der Waals surface area contributed by atoms with E-state index >= 15 is 0 Å². The van der Waals surface area contributed by atoms with Crippen molar-refractivity contribution >= 4 is 11.8 Å². The Bertz CT molecular complexity index is 459. The summed E-state index contributed by atoms with van der Waals surface area (Å²) < 4.78 is 14.2. The van der Waals surface area contributed by atoms with Crippen molar-refractivity contribution in [2.45, 2.75) is 45.1 Å². The summed E-state index contributed by atoms with van der Waals surface area (Å²) in [5.41, 5.74) is -0.306. The molecule has 1 aliphatic carbocycles. The Balaban J connectivity index is 2.32. The van der Waals surface area contributed by atoms with Crippen LogP contribution in [0.2, 0.25) is 0 Å². The normalized spacial score (nSPS) is 16.3. The van der Waals surface area contributed by atoms with Crippen molar-refractivity contribution in [3.63, 3.8) is 0 Å². The van der Waals surface area contributed by atoms with Gasteiger partial charge >= 0.3 is 5.97 Å². The topological polar surface area (TPSA) is 53.4 Å². The first kappa shape index (κ1) is 13.8. The highest BCUT2D eigenvalue weighted by Gasteiger charge is 2.25. The summed E-state index contributed by atoms with van der Waals surface area (Å²) in [6.45, 7) is 2.58. The zero-order chi connectivity index (χ0) is 13.8. The van der Waals surface area contributed by atoms with Crippen LogP contribution in [0, 0.1) is 5.82 Å². The lowest BCUT2D eigenvalue weighted by atomic mass is 9.94. The number of pyridine rings is 1. The van der Waals surface area contributed by atoms with Gasteiger partial charge in [-0.1, -0.05) is 19.3 Å². The van der Waals surface area contributed by atoms with Crippen LogP contribution in [0.5, 0.6) is 0 Å². The Morgan fingerprint density at radius 2 is 2.16 bits per heavy atom. The average molecular weight is 266 g/mol. The molecule has 1 aliphatic rings. The maximum atomic E-state index is 14.2. The maximum absolute atomic E-state index is 14.2. The number of carboxylic acids is 1. The molecule has 19 heavy (non-hydrogen) atoms. The van der Waals surface area contributed by atoms with Crippen molar-refractivity contribution in [1.82, 2.24) is 4.98 Å². The third-order valence-electron chi connectivity index (χ3n) is 3.73. The molecular formula is C14H19FN2O2. The van der Waals surface area contributed by atoms with Crippen LogP contribution in [-0.4, -0.2) is 28.6 Å². The fourth-order valence-corrected chi connectivity index (χ4v) is 2.77. The van der Waals surface area contributed by atoms with E-state index in [2.05, 4.69) is 4.98 Å². The summed E-state index contributed by atoms with van der Waals surface area (Å²) in [5.74, 6) is -1.79. The molecule has 0 amide bonds. The number of aromatic carboxylic acids is 1. The number of rotatable bonds is 4. The molecule has 1 aromatic heterocycles. The molecule has 2 rings (SSSR count). The van der Waals surface area contributed by atoms with Crippen molar-refractivity contribution in [2.75, 3.05) is 11.4 Å². The molecule has 0 aromatic carbocycles. The summed E-state index contributed by atoms with van der Waals surface area (Å²) in [7, 11) is 0. The van der Waals surface area contributed by atoms with Crippen LogP contribution < -0.4 is 4.90 Å². The van der Waals surface area contributed by atoms with E-state index in [1.807, 2.05) is 11.8 Å². The first-order chi connectivity index (χ1) is 9.15. The van der Waals surface area contributed by atoms with Gasteiger partial charge in [-0.25, -0.2) is 14.2 Å². The lowest BCUT2D eigenvalue weighted by Crippen LogP contribution is -2.38. The maximum Gasteiger partial charge on any atom is 0.338 e. The third kappa shape index (κ3) is 2.85. The molecule has 0 unspecified atom stereocenters. The minimum Gasteiger partial charge on any atom is -0.478 e. The Morgan fingerprint density at radius 1 is 1.47 bits per heavy atom. The second-order valence-electron chi connectivity index (χ2n) is 4.88. The van der Waals surface area contributed by atoms with E-state index in [0.29, 0.717) is 6.54 Å². The van der Waals surface area contributed by atoms with Crippen molar-refractivity contribution in [1.29, 1.82) is 0 Å². The van der Waals surface area contributed by atoms with E-state index in [1.54, 1.807) is 0 Å². The van der Waals surface area contributed by atoms with Crippen molar-refractivity contribution in [2.24, 2.45) is 0 Å². The minimum absolute atomic E-state index is 0.175. The molecular weight excluding hydrogens is 247 g/mol. The van der Waals surface area contributed by atoms with Gasteiger partial charge in [0.2, 0.25) is 0 Å². The molecule has 0 radical (unpaired) electrons. The van der Waals surface area contributed by atoms with E-state index in [-0.39, 0.29) is 17.4 Å². The van der Waals surface area contributed by atoms with E-state index in [9.17, 15) is 9.18 Å². The molecule has 1 heterocycles. The van der Waals surface area contributed by atoms with Gasteiger partial charge in [0.05, 0.1) is 0 Å². The van der Waals surface area contributed by atoms with E-state index in [0.717, 1.165) is 25.7 Å². The quantitative estimate of drug-likeness (QED) is 0.910. The first-order valence-electron chi connectivity index (χ1n) is 6.79. The number of carbonyl (C=O) groups is 1. The van der Waals surface area contributed by atoms with Gasteiger partial charge in [-0.15, -0.1) is 0 Å². The molecule has 0 spiro atoms. The highest BCUT2D eigenvalue weighted by molar-refractivity contribution is 5.88. The molecule has 0 saturated heterocycles. The van der Waals surface area contributed by atoms with Gasteiger partial charge in [-0.2, -0.15) is 0 Å². The van der Waals surface area contributed by atoms with E-state index in [4.69, 9.17) is 5.11 Å². The second kappa shape index (κ2) is 5.99. The summed E-state index contributed by atoms with van der Waals surface area (Å²) in [4.78, 5) is 16.9. The number of anilines is 1. The Labute approximate surface area is 112 Å². The van der Waals surface area contributed by atoms with Crippen LogP contribution >= 0.6 is 0 Å². The van der Waals surface area contributed by atoms with Crippen LogP contribution in [-0.2, 0) is 0 Å². The number of hydrogen-bond acceptors (Lipinski definition) is 3. The number of carboxylic acid groups (broad SMARTS) is 1. The zero-order valence-electron chi connectivity index (χ0n) is 11.1. The minimum atomic E-state index is -1.25. The molecule has 1 N–H and O–H groups in total. The van der Waals surface area contributed by atoms with E-state index in [1.165, 1.54) is 18.7 Å². The summed E-state index contributed by atoms with van der Waals surface area (Å²) in [6, 6.07) is 1.47. The predicted molar refractivity (Wildman–Crippen MR) is 71.0 cm³/mol. The van der Waals surface area contributed by atoms with Gasteiger partial charge in [-0.05, 0) is 25.8 Å². The Kier molecular flexibility index (Phi) is 4.35. The monoisotopic (exact) mass is 266 g/mol. The number of hydrogen-bond donors (Lipinski definition) is 1. The Morgan fingerprint density at radius 3 is 2.74 bits per heavy atom. The molecule has 5 heteroatoms. The molecule has 1 fully saturated rings. The van der Waals surface area contributed by atoms with Crippen molar-refractivity contribution < 1.29 is 14.3 Å². The van der Waals surface area contributed by atoms with Crippen LogP contribution in [0.25, 0.3) is 0 Å². The average Bonchev–Trinajstić information content (AvgIpc) is 2.42. The summed E-state index contributed by atoms with van der Waals surface area (Å²) >= 11 is 0. The highest BCUT2D eigenvalue weighted by Crippen LogP contribution is 2.28. The van der Waals surface area contributed by atoms with Crippen molar-refractivity contribution in [3.05, 3.63) is 23.6 Å². The van der Waals surface area contributed by atoms with Gasteiger partial charge in [0.15, 0.2) is 11.6 Å². The summed E-state index contributed by atoms with van der Waals surface area (Å²) in [6.07, 6.45) is 6.91. The van der Waals surface area contributed by atoms with E-state index < -0.39 is 11.8 Å². The van der Waals surface area contributed by atoms with Crippen LogP contribution in [0.4, 0.5) is 10.2 Å². The molecule has 0 bridgehead atoms. The van der Waals surface area contributed by atoms with Gasteiger partial charge in [0.25, 0.3) is 0 Å². The molecule has 0 aliphatic heterocycles. The number of aromatic nitrogens is 1.